The average molecular weight is 360 g/mol. The van der Waals surface area contributed by atoms with Gasteiger partial charge in [0, 0.05) is 6.42 Å². The third-order valence-corrected chi connectivity index (χ3v) is 4.63. The molecule has 0 amide bonds. The van der Waals surface area contributed by atoms with E-state index in [4.69, 9.17) is 4.74 Å². The first-order valence-electron chi connectivity index (χ1n) is 6.32. The second-order valence-electron chi connectivity index (χ2n) is 4.47. The summed E-state index contributed by atoms with van der Waals surface area (Å²) in [6, 6.07) is 3.10. The van der Waals surface area contributed by atoms with E-state index in [9.17, 15) is 14.4 Å². The zero-order chi connectivity index (χ0) is 14.5. The van der Waals surface area contributed by atoms with Crippen molar-refractivity contribution in [2.75, 3.05) is 6.54 Å². The van der Waals surface area contributed by atoms with Gasteiger partial charge in [-0.3, -0.25) is 9.59 Å². The number of ketones is 1. The van der Waals surface area contributed by atoms with Crippen molar-refractivity contribution < 1.29 is 19.1 Å². The topological polar surface area (TPSA) is 72.5 Å². The number of esters is 2. The van der Waals surface area contributed by atoms with Gasteiger partial charge in [0.2, 0.25) is 0 Å². The highest BCUT2D eigenvalue weighted by Crippen LogP contribution is 2.23. The zero-order valence-electron chi connectivity index (χ0n) is 10.7. The van der Waals surface area contributed by atoms with Crippen molar-refractivity contribution >= 4 is 45.0 Å². The lowest BCUT2D eigenvalue weighted by Gasteiger charge is -2.08. The van der Waals surface area contributed by atoms with Gasteiger partial charge in [-0.05, 0) is 47.4 Å². The lowest BCUT2D eigenvalue weighted by atomic mass is 10.2. The fourth-order valence-corrected chi connectivity index (χ4v) is 3.28. The number of carbonyl (C=O) groups is 3. The van der Waals surface area contributed by atoms with E-state index in [0.717, 1.165) is 16.8 Å². The van der Waals surface area contributed by atoms with Gasteiger partial charge in [-0.25, -0.2) is 4.79 Å². The van der Waals surface area contributed by atoms with Crippen LogP contribution in [0.3, 0.4) is 0 Å². The molecule has 2 heterocycles. The van der Waals surface area contributed by atoms with Crippen LogP contribution in [0.5, 0.6) is 0 Å². The molecule has 1 aromatic heterocycles. The number of thiophene rings is 1. The summed E-state index contributed by atoms with van der Waals surface area (Å²) in [5.74, 6) is -1.31. The van der Waals surface area contributed by atoms with Gasteiger partial charge in [0.15, 0.2) is 5.78 Å². The highest BCUT2D eigenvalue weighted by atomic mass is 79.9. The fourth-order valence-electron chi connectivity index (χ4n) is 1.92. The Labute approximate surface area is 128 Å². The molecule has 1 N–H and O–H groups in total. The number of halogens is 1. The van der Waals surface area contributed by atoms with E-state index < -0.39 is 11.9 Å². The molecule has 5 nitrogen and oxygen atoms in total. The molecule has 1 aliphatic heterocycles. The number of hydrogen-bond acceptors (Lipinski definition) is 6. The van der Waals surface area contributed by atoms with Crippen molar-refractivity contribution in [1.82, 2.24) is 5.32 Å². The standard InChI is InChI=1S/C13H14BrNO4S/c14-11-5-4-10(20-11)9(16)3-6-12(17)19-13(18)8-2-1-7-15-8/h4-5,8,15H,1-3,6-7H2/t8-/m0/s1. The molecule has 1 atom stereocenters. The van der Waals surface area contributed by atoms with Crippen LogP contribution in [-0.4, -0.2) is 30.3 Å². The molecule has 2 rings (SSSR count). The molecule has 1 aliphatic rings. The molecule has 0 unspecified atom stereocenters. The SMILES string of the molecule is O=C(CCC(=O)c1ccc(Br)s1)OC(=O)[C@@H]1CCCN1. The van der Waals surface area contributed by atoms with Gasteiger partial charge < -0.3 is 10.1 Å². The summed E-state index contributed by atoms with van der Waals surface area (Å²) >= 11 is 4.59. The number of ether oxygens (including phenoxy) is 1. The maximum absolute atomic E-state index is 11.8. The lowest BCUT2D eigenvalue weighted by molar-refractivity contribution is -0.160. The van der Waals surface area contributed by atoms with Crippen molar-refractivity contribution in [3.63, 3.8) is 0 Å². The lowest BCUT2D eigenvalue weighted by Crippen LogP contribution is -2.33. The highest BCUT2D eigenvalue weighted by molar-refractivity contribution is 9.11. The minimum absolute atomic E-state index is 0.0527. The number of Topliss-reactive ketones (excluding diaryl/α,β-unsaturated/α-hetero) is 1. The van der Waals surface area contributed by atoms with Crippen LogP contribution in [0.1, 0.15) is 35.4 Å². The molecule has 1 aromatic rings. The van der Waals surface area contributed by atoms with Crippen molar-refractivity contribution in [3.8, 4) is 0 Å². The molecule has 0 aliphatic carbocycles. The van der Waals surface area contributed by atoms with Gasteiger partial charge in [-0.2, -0.15) is 0 Å². The summed E-state index contributed by atoms with van der Waals surface area (Å²) in [5.41, 5.74) is 0. The second kappa shape index (κ2) is 7.10. The van der Waals surface area contributed by atoms with Crippen molar-refractivity contribution in [2.45, 2.75) is 31.7 Å². The van der Waals surface area contributed by atoms with E-state index in [-0.39, 0.29) is 24.7 Å². The summed E-state index contributed by atoms with van der Waals surface area (Å²) in [4.78, 5) is 35.5. The van der Waals surface area contributed by atoms with Crippen LogP contribution >= 0.6 is 27.3 Å². The van der Waals surface area contributed by atoms with Crippen LogP contribution < -0.4 is 5.32 Å². The van der Waals surface area contributed by atoms with Gasteiger partial charge in [-0.15, -0.1) is 11.3 Å². The maximum atomic E-state index is 11.8. The van der Waals surface area contributed by atoms with Gasteiger partial charge >= 0.3 is 11.9 Å². The maximum Gasteiger partial charge on any atom is 0.330 e. The Hall–Kier alpha value is -1.05. The first-order chi connectivity index (χ1) is 9.56. The number of rotatable bonds is 5. The molecule has 7 heteroatoms. The Bertz CT molecular complexity index is 522. The van der Waals surface area contributed by atoms with E-state index in [1.807, 2.05) is 0 Å². The summed E-state index contributed by atoms with van der Waals surface area (Å²) in [5, 5.41) is 2.96. The van der Waals surface area contributed by atoms with Gasteiger partial charge in [0.1, 0.15) is 6.04 Å². The molecular formula is C13H14BrNO4S. The van der Waals surface area contributed by atoms with Crippen molar-refractivity contribution in [1.29, 1.82) is 0 Å². The molecule has 0 radical (unpaired) electrons. The quantitative estimate of drug-likeness (QED) is 0.496. The van der Waals surface area contributed by atoms with E-state index in [2.05, 4.69) is 21.2 Å². The van der Waals surface area contributed by atoms with E-state index in [1.165, 1.54) is 11.3 Å². The molecule has 20 heavy (non-hydrogen) atoms. The van der Waals surface area contributed by atoms with Crippen LogP contribution in [0.2, 0.25) is 0 Å². The second-order valence-corrected chi connectivity index (χ2v) is 6.93. The summed E-state index contributed by atoms with van der Waals surface area (Å²) in [6.45, 7) is 0.764. The largest absolute Gasteiger partial charge is 0.392 e. The third-order valence-electron chi connectivity index (χ3n) is 2.96. The molecule has 0 spiro atoms. The van der Waals surface area contributed by atoms with E-state index in [0.29, 0.717) is 11.3 Å². The fraction of sp³-hybridized carbons (Fsp3) is 0.462. The Morgan fingerprint density at radius 3 is 2.75 bits per heavy atom. The number of carbonyl (C=O) groups excluding carboxylic acids is 3. The predicted octanol–water partition coefficient (Wildman–Crippen LogP) is 2.30. The Morgan fingerprint density at radius 1 is 1.35 bits per heavy atom. The summed E-state index contributed by atoms with van der Waals surface area (Å²) in [6.07, 6.45) is 1.57. The number of hydrogen-bond donors (Lipinski definition) is 1. The normalized spacial score (nSPS) is 17.9. The van der Waals surface area contributed by atoms with Crippen LogP contribution in [-0.2, 0) is 14.3 Å². The molecule has 0 aromatic carbocycles. The number of nitrogens with one attached hydrogen (secondary N) is 1. The van der Waals surface area contributed by atoms with Crippen LogP contribution in [0.15, 0.2) is 15.9 Å². The zero-order valence-corrected chi connectivity index (χ0v) is 13.1. The van der Waals surface area contributed by atoms with Crippen LogP contribution in [0.25, 0.3) is 0 Å². The highest BCUT2D eigenvalue weighted by Gasteiger charge is 2.25. The molecule has 1 fully saturated rings. The van der Waals surface area contributed by atoms with Crippen LogP contribution in [0.4, 0.5) is 0 Å². The Kier molecular flexibility index (Phi) is 5.45. The summed E-state index contributed by atoms with van der Waals surface area (Å²) < 4.78 is 5.59. The van der Waals surface area contributed by atoms with Gasteiger partial charge in [0.25, 0.3) is 0 Å². The molecule has 108 valence electrons. The van der Waals surface area contributed by atoms with E-state index >= 15 is 0 Å². The van der Waals surface area contributed by atoms with Gasteiger partial charge in [0.05, 0.1) is 15.1 Å². The molecule has 0 bridgehead atoms. The first-order valence-corrected chi connectivity index (χ1v) is 7.93. The average Bonchev–Trinajstić information content (AvgIpc) is 3.06. The molecule has 0 saturated carbocycles. The van der Waals surface area contributed by atoms with Gasteiger partial charge in [-0.1, -0.05) is 0 Å². The summed E-state index contributed by atoms with van der Waals surface area (Å²) in [7, 11) is 0. The van der Waals surface area contributed by atoms with Crippen LogP contribution in [0, 0.1) is 0 Å². The first kappa shape index (κ1) is 15.3. The predicted molar refractivity (Wildman–Crippen MR) is 77.7 cm³/mol. The van der Waals surface area contributed by atoms with Crippen molar-refractivity contribution in [2.24, 2.45) is 0 Å². The molecule has 1 saturated heterocycles. The molecular weight excluding hydrogens is 346 g/mol. The minimum atomic E-state index is -0.646. The third kappa shape index (κ3) is 4.22. The van der Waals surface area contributed by atoms with Crippen molar-refractivity contribution in [3.05, 3.63) is 20.8 Å². The smallest absolute Gasteiger partial charge is 0.330 e. The minimum Gasteiger partial charge on any atom is -0.392 e. The Morgan fingerprint density at radius 2 is 2.15 bits per heavy atom. The monoisotopic (exact) mass is 359 g/mol. The Balaban J connectivity index is 1.74. The van der Waals surface area contributed by atoms with E-state index in [1.54, 1.807) is 12.1 Å².